The van der Waals surface area contributed by atoms with Crippen molar-refractivity contribution in [1.29, 1.82) is 0 Å². The second kappa shape index (κ2) is 5.28. The van der Waals surface area contributed by atoms with Gasteiger partial charge in [-0.15, -0.1) is 0 Å². The second-order valence-corrected chi connectivity index (χ2v) is 5.54. The predicted octanol–water partition coefficient (Wildman–Crippen LogP) is 1.41. The van der Waals surface area contributed by atoms with Gasteiger partial charge in [-0.05, 0) is 37.6 Å². The largest absolute Gasteiger partial charge is 0.354 e. The minimum absolute atomic E-state index is 0.0103. The topological polar surface area (TPSA) is 58.4 Å². The highest BCUT2D eigenvalue weighted by molar-refractivity contribution is 9.10. The Morgan fingerprint density at radius 2 is 2.28 bits per heavy atom. The van der Waals surface area contributed by atoms with Crippen molar-refractivity contribution >= 4 is 27.5 Å². The van der Waals surface area contributed by atoms with Crippen LogP contribution in [-0.2, 0) is 4.79 Å². The summed E-state index contributed by atoms with van der Waals surface area (Å²) in [6, 6.07) is 6.08. The molecule has 2 atom stereocenters. The van der Waals surface area contributed by atoms with E-state index in [1.165, 1.54) is 0 Å². The molecule has 4 nitrogen and oxygen atoms in total. The van der Waals surface area contributed by atoms with Crippen LogP contribution in [0.4, 0.5) is 5.69 Å². The van der Waals surface area contributed by atoms with Gasteiger partial charge in [-0.25, -0.2) is 0 Å². The highest BCUT2D eigenvalue weighted by Crippen LogP contribution is 2.27. The number of nitrogens with zero attached hydrogens (tertiary/aromatic N) is 1. The zero-order valence-electron chi connectivity index (χ0n) is 10.6. The molecule has 1 aromatic carbocycles. The van der Waals surface area contributed by atoms with Gasteiger partial charge in [0.15, 0.2) is 0 Å². The van der Waals surface area contributed by atoms with E-state index in [0.717, 1.165) is 15.7 Å². The Morgan fingerprint density at radius 3 is 2.89 bits per heavy atom. The maximum Gasteiger partial charge on any atom is 0.244 e. The van der Waals surface area contributed by atoms with Crippen LogP contribution in [0.2, 0.25) is 0 Å². The Morgan fingerprint density at radius 1 is 1.56 bits per heavy atom. The van der Waals surface area contributed by atoms with Gasteiger partial charge in [0.1, 0.15) is 6.04 Å². The standard InChI is InChI=1S/C13H18BrN3O/c1-8-5-10(3-4-11(8)14)17-9(2)7-16-13(18)12(17)6-15/h3-5,9,12H,6-7,15H2,1-2H3,(H,16,18). The van der Waals surface area contributed by atoms with E-state index in [0.29, 0.717) is 13.1 Å². The summed E-state index contributed by atoms with van der Waals surface area (Å²) in [6.45, 7) is 5.12. The third-order valence-electron chi connectivity index (χ3n) is 3.35. The maximum absolute atomic E-state index is 11.9. The molecular formula is C13H18BrN3O. The number of carbonyl (C=O) groups is 1. The van der Waals surface area contributed by atoms with Gasteiger partial charge in [0.05, 0.1) is 0 Å². The Bertz CT molecular complexity index is 464. The first kappa shape index (κ1) is 13.4. The summed E-state index contributed by atoms with van der Waals surface area (Å²) in [5.41, 5.74) is 7.94. The number of anilines is 1. The number of piperazine rings is 1. The molecule has 0 bridgehead atoms. The number of nitrogens with one attached hydrogen (secondary N) is 1. The molecule has 1 heterocycles. The summed E-state index contributed by atoms with van der Waals surface area (Å²) in [6.07, 6.45) is 0. The van der Waals surface area contributed by atoms with E-state index >= 15 is 0 Å². The van der Waals surface area contributed by atoms with Crippen molar-refractivity contribution in [1.82, 2.24) is 5.32 Å². The molecule has 1 fully saturated rings. The Hall–Kier alpha value is -1.07. The Balaban J connectivity index is 2.38. The summed E-state index contributed by atoms with van der Waals surface area (Å²) >= 11 is 3.49. The molecule has 3 N–H and O–H groups in total. The molecular weight excluding hydrogens is 294 g/mol. The molecule has 2 rings (SSSR count). The Labute approximate surface area is 116 Å². The number of amides is 1. The monoisotopic (exact) mass is 311 g/mol. The van der Waals surface area contributed by atoms with E-state index in [1.807, 2.05) is 19.1 Å². The predicted molar refractivity (Wildman–Crippen MR) is 76.7 cm³/mol. The molecule has 0 saturated carbocycles. The number of carbonyl (C=O) groups excluding carboxylic acids is 1. The molecule has 18 heavy (non-hydrogen) atoms. The van der Waals surface area contributed by atoms with Crippen molar-refractivity contribution in [3.63, 3.8) is 0 Å². The van der Waals surface area contributed by atoms with Crippen molar-refractivity contribution < 1.29 is 4.79 Å². The molecule has 0 spiro atoms. The number of benzene rings is 1. The first-order chi connectivity index (χ1) is 8.54. The molecule has 0 aliphatic carbocycles. The average molecular weight is 312 g/mol. The lowest BCUT2D eigenvalue weighted by Gasteiger charge is -2.41. The van der Waals surface area contributed by atoms with Crippen molar-refractivity contribution in [2.75, 3.05) is 18.0 Å². The number of rotatable bonds is 2. The SMILES string of the molecule is Cc1cc(N2C(C)CNC(=O)C2CN)ccc1Br. The fourth-order valence-electron chi connectivity index (χ4n) is 2.34. The highest BCUT2D eigenvalue weighted by atomic mass is 79.9. The molecule has 1 amide bonds. The fourth-order valence-corrected chi connectivity index (χ4v) is 2.59. The van der Waals surface area contributed by atoms with Gasteiger partial charge in [0, 0.05) is 29.3 Å². The lowest BCUT2D eigenvalue weighted by Crippen LogP contribution is -2.62. The summed E-state index contributed by atoms with van der Waals surface area (Å²) in [5.74, 6) is 0.0103. The van der Waals surface area contributed by atoms with E-state index in [1.54, 1.807) is 0 Å². The number of hydrogen-bond acceptors (Lipinski definition) is 3. The van der Waals surface area contributed by atoms with Crippen LogP contribution in [-0.4, -0.2) is 31.1 Å². The van der Waals surface area contributed by atoms with E-state index in [9.17, 15) is 4.79 Å². The molecule has 1 aliphatic rings. The smallest absolute Gasteiger partial charge is 0.244 e. The van der Waals surface area contributed by atoms with Gasteiger partial charge in [-0.1, -0.05) is 15.9 Å². The van der Waals surface area contributed by atoms with Crippen LogP contribution in [0.1, 0.15) is 12.5 Å². The van der Waals surface area contributed by atoms with E-state index < -0.39 is 0 Å². The molecule has 98 valence electrons. The molecule has 0 radical (unpaired) electrons. The summed E-state index contributed by atoms with van der Waals surface area (Å²) in [4.78, 5) is 14.0. The molecule has 1 saturated heterocycles. The van der Waals surface area contributed by atoms with Crippen molar-refractivity contribution in [2.45, 2.75) is 25.9 Å². The van der Waals surface area contributed by atoms with Gasteiger partial charge in [0.2, 0.25) is 5.91 Å². The van der Waals surface area contributed by atoms with Gasteiger partial charge in [-0.3, -0.25) is 4.79 Å². The zero-order valence-corrected chi connectivity index (χ0v) is 12.2. The van der Waals surface area contributed by atoms with Crippen LogP contribution in [0.25, 0.3) is 0 Å². The molecule has 1 aliphatic heterocycles. The van der Waals surface area contributed by atoms with Crippen LogP contribution >= 0.6 is 15.9 Å². The summed E-state index contributed by atoms with van der Waals surface area (Å²) < 4.78 is 1.07. The fraction of sp³-hybridized carbons (Fsp3) is 0.462. The van der Waals surface area contributed by atoms with Crippen LogP contribution in [0, 0.1) is 6.92 Å². The van der Waals surface area contributed by atoms with E-state index in [-0.39, 0.29) is 18.0 Å². The molecule has 2 unspecified atom stereocenters. The summed E-state index contributed by atoms with van der Waals surface area (Å²) in [5, 5.41) is 2.89. The normalized spacial score (nSPS) is 24.0. The van der Waals surface area contributed by atoms with E-state index in [2.05, 4.69) is 39.1 Å². The number of nitrogens with two attached hydrogens (primary N) is 1. The first-order valence-electron chi connectivity index (χ1n) is 6.07. The van der Waals surface area contributed by atoms with Gasteiger partial charge in [0.25, 0.3) is 0 Å². The minimum atomic E-state index is -0.283. The lowest BCUT2D eigenvalue weighted by molar-refractivity contribution is -0.123. The quantitative estimate of drug-likeness (QED) is 0.868. The van der Waals surface area contributed by atoms with Gasteiger partial charge in [-0.2, -0.15) is 0 Å². The van der Waals surface area contributed by atoms with Crippen LogP contribution in [0.5, 0.6) is 0 Å². The van der Waals surface area contributed by atoms with Gasteiger partial charge < -0.3 is 16.0 Å². The van der Waals surface area contributed by atoms with Gasteiger partial charge >= 0.3 is 0 Å². The first-order valence-corrected chi connectivity index (χ1v) is 6.86. The minimum Gasteiger partial charge on any atom is -0.354 e. The van der Waals surface area contributed by atoms with Crippen molar-refractivity contribution in [2.24, 2.45) is 5.73 Å². The van der Waals surface area contributed by atoms with Crippen molar-refractivity contribution in [3.05, 3.63) is 28.2 Å². The molecule has 0 aromatic heterocycles. The maximum atomic E-state index is 11.9. The zero-order chi connectivity index (χ0) is 13.3. The van der Waals surface area contributed by atoms with Crippen LogP contribution in [0.3, 0.4) is 0 Å². The highest BCUT2D eigenvalue weighted by Gasteiger charge is 2.33. The average Bonchev–Trinajstić information content (AvgIpc) is 2.35. The van der Waals surface area contributed by atoms with E-state index in [4.69, 9.17) is 5.73 Å². The third kappa shape index (κ3) is 2.37. The third-order valence-corrected chi connectivity index (χ3v) is 4.24. The second-order valence-electron chi connectivity index (χ2n) is 4.69. The molecule has 1 aromatic rings. The van der Waals surface area contributed by atoms with Crippen molar-refractivity contribution in [3.8, 4) is 0 Å². The molecule has 5 heteroatoms. The van der Waals surface area contributed by atoms with Crippen LogP contribution in [0.15, 0.2) is 22.7 Å². The number of aryl methyl sites for hydroxylation is 1. The summed E-state index contributed by atoms with van der Waals surface area (Å²) in [7, 11) is 0. The lowest BCUT2D eigenvalue weighted by atomic mass is 10.1. The number of hydrogen-bond donors (Lipinski definition) is 2. The van der Waals surface area contributed by atoms with Crippen LogP contribution < -0.4 is 16.0 Å². The number of halogens is 1. The Kier molecular flexibility index (Phi) is 3.92.